The van der Waals surface area contributed by atoms with Gasteiger partial charge in [-0.2, -0.15) is 0 Å². The van der Waals surface area contributed by atoms with Gasteiger partial charge in [0, 0.05) is 22.3 Å². The number of carbonyl (C=O) groups is 2. The maximum atomic E-state index is 13.4. The van der Waals surface area contributed by atoms with Crippen LogP contribution in [-0.2, 0) is 9.59 Å². The summed E-state index contributed by atoms with van der Waals surface area (Å²) in [5.41, 5.74) is 3.43. The van der Waals surface area contributed by atoms with Crippen molar-refractivity contribution in [2.24, 2.45) is 0 Å². The van der Waals surface area contributed by atoms with Crippen LogP contribution < -0.4 is 19.7 Å². The smallest absolute Gasteiger partial charge is 0.244 e. The Hall–Kier alpha value is -3.45. The number of rotatable bonds is 6. The number of hydrogen-bond acceptors (Lipinski definition) is 5. The van der Waals surface area contributed by atoms with Crippen molar-refractivity contribution in [3.63, 3.8) is 0 Å². The van der Waals surface area contributed by atoms with E-state index >= 15 is 0 Å². The fourth-order valence-electron chi connectivity index (χ4n) is 3.84. The lowest BCUT2D eigenvalue weighted by Gasteiger charge is -2.22. The van der Waals surface area contributed by atoms with Crippen molar-refractivity contribution < 1.29 is 19.1 Å². The summed E-state index contributed by atoms with van der Waals surface area (Å²) < 4.78 is 10.8. The van der Waals surface area contributed by atoms with Gasteiger partial charge in [0.1, 0.15) is 6.54 Å². The summed E-state index contributed by atoms with van der Waals surface area (Å²) in [5, 5.41) is 2.81. The van der Waals surface area contributed by atoms with Crippen LogP contribution in [0.3, 0.4) is 0 Å². The van der Waals surface area contributed by atoms with E-state index in [0.29, 0.717) is 11.5 Å². The first kappa shape index (κ1) is 22.7. The molecule has 0 aliphatic carbocycles. The van der Waals surface area contributed by atoms with E-state index in [4.69, 9.17) is 9.47 Å². The average molecular weight is 463 g/mol. The summed E-state index contributed by atoms with van der Waals surface area (Å²) in [6, 6.07) is 21.0. The highest BCUT2D eigenvalue weighted by atomic mass is 32.2. The van der Waals surface area contributed by atoms with Gasteiger partial charge >= 0.3 is 0 Å². The number of para-hydroxylation sites is 2. The van der Waals surface area contributed by atoms with Crippen LogP contribution >= 0.6 is 11.8 Å². The molecular weight excluding hydrogens is 436 g/mol. The quantitative estimate of drug-likeness (QED) is 0.544. The normalized spacial score (nSPS) is 15.4. The molecule has 1 aliphatic heterocycles. The topological polar surface area (TPSA) is 67.9 Å². The summed E-state index contributed by atoms with van der Waals surface area (Å²) in [6.45, 7) is 1.88. The second-order valence-electron chi connectivity index (χ2n) is 7.74. The van der Waals surface area contributed by atoms with E-state index in [0.717, 1.165) is 27.4 Å². The highest BCUT2D eigenvalue weighted by Crippen LogP contribution is 2.46. The maximum Gasteiger partial charge on any atom is 0.244 e. The van der Waals surface area contributed by atoms with Crippen molar-refractivity contribution in [2.45, 2.75) is 23.5 Å². The molecule has 4 rings (SSSR count). The number of aryl methyl sites for hydroxylation is 1. The van der Waals surface area contributed by atoms with Crippen molar-refractivity contribution in [1.82, 2.24) is 0 Å². The molecule has 33 heavy (non-hydrogen) atoms. The number of anilines is 2. The third-order valence-corrected chi connectivity index (χ3v) is 6.91. The number of carbonyl (C=O) groups excluding carboxylic acids is 2. The first-order chi connectivity index (χ1) is 16.0. The van der Waals surface area contributed by atoms with Gasteiger partial charge in [0.25, 0.3) is 0 Å². The van der Waals surface area contributed by atoms with Crippen LogP contribution in [0, 0.1) is 6.92 Å². The Bertz CT molecular complexity index is 1180. The molecule has 0 fully saturated rings. The van der Waals surface area contributed by atoms with Crippen molar-refractivity contribution in [1.29, 1.82) is 0 Å². The number of hydrogen-bond donors (Lipinski definition) is 1. The molecular formula is C26H26N2O4S. The molecule has 1 atom stereocenters. The molecule has 0 saturated heterocycles. The van der Waals surface area contributed by atoms with Gasteiger partial charge in [-0.1, -0.05) is 36.4 Å². The summed E-state index contributed by atoms with van der Waals surface area (Å²) in [6.07, 6.45) is 0.256. The molecule has 2 amide bonds. The van der Waals surface area contributed by atoms with Gasteiger partial charge in [-0.3, -0.25) is 9.59 Å². The minimum atomic E-state index is -0.234. The Morgan fingerprint density at radius 2 is 1.76 bits per heavy atom. The van der Waals surface area contributed by atoms with Gasteiger partial charge in [0.15, 0.2) is 11.5 Å². The molecule has 0 unspecified atom stereocenters. The molecule has 0 radical (unpaired) electrons. The standard InChI is InChI=1S/C26H26N2O4S/c1-17-8-4-5-9-19(17)27-25(29)16-28-20-10-6-7-11-23(20)33-24(15-26(28)30)18-12-13-21(31-2)22(14-18)32-3/h4-14,24H,15-16H2,1-3H3,(H,27,29)/t24-/m1/s1. The molecule has 0 saturated carbocycles. The predicted octanol–water partition coefficient (Wildman–Crippen LogP) is 5.22. The lowest BCUT2D eigenvalue weighted by molar-refractivity contribution is -0.121. The highest BCUT2D eigenvalue weighted by molar-refractivity contribution is 7.99. The van der Waals surface area contributed by atoms with Gasteiger partial charge in [-0.15, -0.1) is 11.8 Å². The lowest BCUT2D eigenvalue weighted by Crippen LogP contribution is -2.38. The number of ether oxygens (including phenoxy) is 2. The first-order valence-corrected chi connectivity index (χ1v) is 11.5. The van der Waals surface area contributed by atoms with Crippen molar-refractivity contribution in [2.75, 3.05) is 31.0 Å². The monoisotopic (exact) mass is 462 g/mol. The second kappa shape index (κ2) is 10.0. The van der Waals surface area contributed by atoms with Gasteiger partial charge in [-0.05, 0) is 48.4 Å². The Morgan fingerprint density at radius 3 is 2.52 bits per heavy atom. The zero-order valence-corrected chi connectivity index (χ0v) is 19.6. The van der Waals surface area contributed by atoms with Crippen LogP contribution in [0.15, 0.2) is 71.6 Å². The molecule has 0 spiro atoms. The van der Waals surface area contributed by atoms with Gasteiger partial charge in [-0.25, -0.2) is 0 Å². The zero-order chi connectivity index (χ0) is 23.4. The van der Waals surface area contributed by atoms with E-state index in [9.17, 15) is 9.59 Å². The van der Waals surface area contributed by atoms with Crippen LogP contribution in [0.1, 0.15) is 22.8 Å². The summed E-state index contributed by atoms with van der Waals surface area (Å²) in [7, 11) is 3.19. The SMILES string of the molecule is COc1ccc([C@H]2CC(=O)N(CC(=O)Nc3ccccc3C)c3ccccc3S2)cc1OC. The number of methoxy groups -OCH3 is 2. The maximum absolute atomic E-state index is 13.4. The van der Waals surface area contributed by atoms with Crippen LogP contribution in [0.2, 0.25) is 0 Å². The molecule has 7 heteroatoms. The van der Waals surface area contributed by atoms with E-state index in [1.54, 1.807) is 30.9 Å². The van der Waals surface area contributed by atoms with E-state index < -0.39 is 0 Å². The lowest BCUT2D eigenvalue weighted by atomic mass is 10.1. The third kappa shape index (κ3) is 4.98. The number of nitrogens with zero attached hydrogens (tertiary/aromatic N) is 1. The Balaban J connectivity index is 1.60. The largest absolute Gasteiger partial charge is 0.493 e. The fraction of sp³-hybridized carbons (Fsp3) is 0.231. The zero-order valence-electron chi connectivity index (χ0n) is 18.8. The highest BCUT2D eigenvalue weighted by Gasteiger charge is 2.31. The van der Waals surface area contributed by atoms with Crippen LogP contribution in [0.5, 0.6) is 11.5 Å². The molecule has 0 bridgehead atoms. The van der Waals surface area contributed by atoms with Crippen molar-refractivity contribution in [3.05, 3.63) is 77.9 Å². The predicted molar refractivity (Wildman–Crippen MR) is 131 cm³/mol. The number of benzene rings is 3. The van der Waals surface area contributed by atoms with E-state index in [1.165, 1.54) is 0 Å². The van der Waals surface area contributed by atoms with Crippen LogP contribution in [-0.4, -0.2) is 32.6 Å². The minimum absolute atomic E-state index is 0.0522. The summed E-state index contributed by atoms with van der Waals surface area (Å²) >= 11 is 1.61. The number of amides is 2. The fourth-order valence-corrected chi connectivity index (χ4v) is 5.11. The molecule has 6 nitrogen and oxygen atoms in total. The summed E-state index contributed by atoms with van der Waals surface area (Å²) in [4.78, 5) is 28.8. The first-order valence-electron chi connectivity index (χ1n) is 10.6. The van der Waals surface area contributed by atoms with E-state index in [-0.39, 0.29) is 30.0 Å². The second-order valence-corrected chi connectivity index (χ2v) is 8.98. The molecule has 1 N–H and O–H groups in total. The number of thioether (sulfide) groups is 1. The third-order valence-electron chi connectivity index (χ3n) is 5.59. The van der Waals surface area contributed by atoms with Gasteiger partial charge < -0.3 is 19.7 Å². The van der Waals surface area contributed by atoms with E-state index in [2.05, 4.69) is 5.32 Å². The Labute approximate surface area is 197 Å². The van der Waals surface area contributed by atoms with Crippen molar-refractivity contribution >= 4 is 35.0 Å². The van der Waals surface area contributed by atoms with Crippen LogP contribution in [0.4, 0.5) is 11.4 Å². The summed E-state index contributed by atoms with van der Waals surface area (Å²) in [5.74, 6) is 0.922. The molecule has 3 aromatic carbocycles. The molecule has 0 aromatic heterocycles. The minimum Gasteiger partial charge on any atom is -0.493 e. The molecule has 1 heterocycles. The molecule has 1 aliphatic rings. The van der Waals surface area contributed by atoms with Gasteiger partial charge in [0.05, 0.1) is 19.9 Å². The number of nitrogens with one attached hydrogen (secondary N) is 1. The average Bonchev–Trinajstić information content (AvgIpc) is 2.96. The van der Waals surface area contributed by atoms with Gasteiger partial charge in [0.2, 0.25) is 11.8 Å². The van der Waals surface area contributed by atoms with E-state index in [1.807, 2.05) is 73.7 Å². The molecule has 3 aromatic rings. The molecule has 170 valence electrons. The van der Waals surface area contributed by atoms with Crippen molar-refractivity contribution in [3.8, 4) is 11.5 Å². The van der Waals surface area contributed by atoms with Crippen LogP contribution in [0.25, 0.3) is 0 Å². The Morgan fingerprint density at radius 1 is 1.03 bits per heavy atom. The Kier molecular flexibility index (Phi) is 6.89. The number of fused-ring (bicyclic) bond motifs is 1.